The lowest BCUT2D eigenvalue weighted by atomic mass is 10.1. The summed E-state index contributed by atoms with van der Waals surface area (Å²) in [4.78, 5) is 12.4. The molecule has 1 amide bonds. The molecule has 122 valence electrons. The summed E-state index contributed by atoms with van der Waals surface area (Å²) in [7, 11) is 0. The minimum absolute atomic E-state index is 0.218. The molecule has 7 heteroatoms. The third kappa shape index (κ3) is 3.02. The second-order valence-corrected chi connectivity index (χ2v) is 5.91. The Balaban J connectivity index is 1.42. The minimum Gasteiger partial charge on any atom is -0.458 e. The van der Waals surface area contributed by atoms with E-state index in [-0.39, 0.29) is 12.0 Å². The van der Waals surface area contributed by atoms with E-state index in [0.717, 1.165) is 30.6 Å². The maximum Gasteiger partial charge on any atom is 0.291 e. The van der Waals surface area contributed by atoms with Crippen molar-refractivity contribution in [3.63, 3.8) is 0 Å². The first-order valence-electron chi connectivity index (χ1n) is 7.92. The monoisotopic (exact) mass is 317 g/mol. The van der Waals surface area contributed by atoms with E-state index in [1.807, 2.05) is 6.20 Å². The molecular formula is C16H19N3O4. The lowest BCUT2D eigenvalue weighted by molar-refractivity contribution is 0.0940. The van der Waals surface area contributed by atoms with Gasteiger partial charge in [-0.05, 0) is 12.8 Å². The number of nitrogens with zero attached hydrogens (tertiary/aromatic N) is 2. The van der Waals surface area contributed by atoms with E-state index in [4.69, 9.17) is 13.9 Å². The molecule has 1 fully saturated rings. The van der Waals surface area contributed by atoms with Crippen LogP contribution in [-0.4, -0.2) is 35.0 Å². The van der Waals surface area contributed by atoms with Gasteiger partial charge in [0.15, 0.2) is 5.76 Å². The molecule has 4 rings (SSSR count). The van der Waals surface area contributed by atoms with Crippen molar-refractivity contribution >= 4 is 11.6 Å². The van der Waals surface area contributed by atoms with Crippen LogP contribution in [0.2, 0.25) is 0 Å². The summed E-state index contributed by atoms with van der Waals surface area (Å²) in [6, 6.07) is 0. The number of nitrogens with one attached hydrogen (secondary N) is 1. The zero-order valence-corrected chi connectivity index (χ0v) is 12.8. The van der Waals surface area contributed by atoms with Gasteiger partial charge in [-0.2, -0.15) is 5.10 Å². The summed E-state index contributed by atoms with van der Waals surface area (Å²) in [5.41, 5.74) is 2.56. The van der Waals surface area contributed by atoms with Crippen molar-refractivity contribution in [2.24, 2.45) is 0 Å². The van der Waals surface area contributed by atoms with Crippen molar-refractivity contribution in [2.45, 2.75) is 38.5 Å². The van der Waals surface area contributed by atoms with E-state index in [1.165, 1.54) is 0 Å². The first-order chi connectivity index (χ1) is 11.3. The van der Waals surface area contributed by atoms with Crippen molar-refractivity contribution in [2.75, 3.05) is 18.5 Å². The molecule has 0 saturated carbocycles. The van der Waals surface area contributed by atoms with E-state index >= 15 is 0 Å². The number of carbonyl (C=O) groups is 1. The van der Waals surface area contributed by atoms with Gasteiger partial charge in [-0.15, -0.1) is 0 Å². The highest BCUT2D eigenvalue weighted by atomic mass is 16.5. The van der Waals surface area contributed by atoms with E-state index in [2.05, 4.69) is 10.4 Å². The molecule has 1 atom stereocenters. The fraction of sp³-hybridized carbons (Fsp3) is 0.500. The number of hydrogen-bond acceptors (Lipinski definition) is 5. The first kappa shape index (κ1) is 14.5. The molecular weight excluding hydrogens is 298 g/mol. The van der Waals surface area contributed by atoms with Crippen LogP contribution < -0.4 is 5.32 Å². The first-order valence-corrected chi connectivity index (χ1v) is 7.92. The van der Waals surface area contributed by atoms with Gasteiger partial charge in [0, 0.05) is 30.4 Å². The zero-order valence-electron chi connectivity index (χ0n) is 12.8. The minimum atomic E-state index is -0.246. The topological polar surface area (TPSA) is 78.5 Å². The summed E-state index contributed by atoms with van der Waals surface area (Å²) in [6.07, 6.45) is 8.14. The lowest BCUT2D eigenvalue weighted by Gasteiger charge is -2.11. The van der Waals surface area contributed by atoms with Crippen LogP contribution in [0.15, 0.2) is 23.1 Å². The highest BCUT2D eigenvalue weighted by Gasteiger charge is 2.23. The van der Waals surface area contributed by atoms with Crippen molar-refractivity contribution in [3.8, 4) is 0 Å². The Bertz CT molecular complexity index is 700. The largest absolute Gasteiger partial charge is 0.458 e. The molecule has 2 aromatic heterocycles. The van der Waals surface area contributed by atoms with Crippen LogP contribution in [0.25, 0.3) is 0 Å². The molecule has 2 aromatic rings. The molecule has 23 heavy (non-hydrogen) atoms. The number of aromatic nitrogens is 2. The van der Waals surface area contributed by atoms with Crippen molar-refractivity contribution in [1.29, 1.82) is 0 Å². The molecule has 1 N–H and O–H groups in total. The molecule has 0 bridgehead atoms. The average molecular weight is 317 g/mol. The smallest absolute Gasteiger partial charge is 0.291 e. The second-order valence-electron chi connectivity index (χ2n) is 5.91. The number of amides is 1. The Morgan fingerprint density at radius 2 is 2.39 bits per heavy atom. The van der Waals surface area contributed by atoms with Gasteiger partial charge in [-0.25, -0.2) is 0 Å². The number of furan rings is 1. The third-order valence-corrected chi connectivity index (χ3v) is 4.25. The maximum atomic E-state index is 12.4. The predicted molar refractivity (Wildman–Crippen MR) is 81.2 cm³/mol. The van der Waals surface area contributed by atoms with E-state index in [1.54, 1.807) is 17.1 Å². The molecule has 2 aliphatic rings. The number of ether oxygens (including phenoxy) is 2. The number of fused-ring (bicyclic) bond motifs is 1. The van der Waals surface area contributed by atoms with Gasteiger partial charge in [0.2, 0.25) is 0 Å². The van der Waals surface area contributed by atoms with Gasteiger partial charge in [-0.3, -0.25) is 9.48 Å². The molecule has 1 unspecified atom stereocenters. The predicted octanol–water partition coefficient (Wildman–Crippen LogP) is 1.98. The standard InChI is InChI=1S/C16H19N3O4/c20-16(15-14-3-5-21-9-11(14)10-23-15)18-12-6-17-19(7-12)8-13-2-1-4-22-13/h6-7,10,13H,1-5,8-9H2,(H,18,20). The lowest BCUT2D eigenvalue weighted by Crippen LogP contribution is -2.16. The van der Waals surface area contributed by atoms with Crippen LogP contribution in [0.5, 0.6) is 0 Å². The molecule has 7 nitrogen and oxygen atoms in total. The molecule has 4 heterocycles. The van der Waals surface area contributed by atoms with Crippen LogP contribution >= 0.6 is 0 Å². The zero-order chi connectivity index (χ0) is 15.6. The van der Waals surface area contributed by atoms with Crippen LogP contribution in [0.4, 0.5) is 5.69 Å². The normalized spacial score (nSPS) is 20.4. The molecule has 0 aromatic carbocycles. The van der Waals surface area contributed by atoms with Crippen LogP contribution in [0, 0.1) is 0 Å². The second kappa shape index (κ2) is 6.17. The number of hydrogen-bond donors (Lipinski definition) is 1. The molecule has 0 radical (unpaired) electrons. The average Bonchev–Trinajstić information content (AvgIpc) is 3.28. The number of carbonyl (C=O) groups excluding carboxylic acids is 1. The molecule has 0 aliphatic carbocycles. The van der Waals surface area contributed by atoms with Crippen LogP contribution in [-0.2, 0) is 29.0 Å². The van der Waals surface area contributed by atoms with Gasteiger partial charge in [0.05, 0.1) is 44.0 Å². The Labute approximate surface area is 133 Å². The van der Waals surface area contributed by atoms with E-state index < -0.39 is 0 Å². The Kier molecular flexibility index (Phi) is 3.88. The fourth-order valence-electron chi connectivity index (χ4n) is 3.07. The highest BCUT2D eigenvalue weighted by molar-refractivity contribution is 6.03. The highest BCUT2D eigenvalue weighted by Crippen LogP contribution is 2.24. The summed E-state index contributed by atoms with van der Waals surface area (Å²) >= 11 is 0. The van der Waals surface area contributed by atoms with Gasteiger partial charge >= 0.3 is 0 Å². The summed E-state index contributed by atoms with van der Waals surface area (Å²) < 4.78 is 18.2. The Morgan fingerprint density at radius 3 is 3.26 bits per heavy atom. The Morgan fingerprint density at radius 1 is 1.43 bits per heavy atom. The van der Waals surface area contributed by atoms with E-state index in [0.29, 0.717) is 37.6 Å². The number of rotatable bonds is 4. The molecule has 1 saturated heterocycles. The van der Waals surface area contributed by atoms with Crippen molar-refractivity contribution < 1.29 is 18.7 Å². The van der Waals surface area contributed by atoms with Gasteiger partial charge < -0.3 is 19.2 Å². The summed E-state index contributed by atoms with van der Waals surface area (Å²) in [6.45, 7) is 2.66. The van der Waals surface area contributed by atoms with Gasteiger partial charge in [0.1, 0.15) is 0 Å². The summed E-state index contributed by atoms with van der Waals surface area (Å²) in [5, 5.41) is 7.11. The van der Waals surface area contributed by atoms with Crippen LogP contribution in [0.1, 0.15) is 34.5 Å². The quantitative estimate of drug-likeness (QED) is 0.933. The fourth-order valence-corrected chi connectivity index (χ4v) is 3.07. The number of anilines is 1. The maximum absolute atomic E-state index is 12.4. The van der Waals surface area contributed by atoms with Gasteiger partial charge in [-0.1, -0.05) is 0 Å². The molecule has 2 aliphatic heterocycles. The van der Waals surface area contributed by atoms with Crippen molar-refractivity contribution in [3.05, 3.63) is 35.5 Å². The van der Waals surface area contributed by atoms with E-state index in [9.17, 15) is 4.79 Å². The van der Waals surface area contributed by atoms with Crippen LogP contribution in [0.3, 0.4) is 0 Å². The SMILES string of the molecule is O=C(Nc1cnn(CC2CCCO2)c1)c1occ2c1CCOC2. The molecule has 0 spiro atoms. The summed E-state index contributed by atoms with van der Waals surface area (Å²) in [5.74, 6) is 0.125. The van der Waals surface area contributed by atoms with Gasteiger partial charge in [0.25, 0.3) is 5.91 Å². The Hall–Kier alpha value is -2.12. The van der Waals surface area contributed by atoms with Crippen molar-refractivity contribution in [1.82, 2.24) is 9.78 Å². The third-order valence-electron chi connectivity index (χ3n) is 4.25.